The van der Waals surface area contributed by atoms with Crippen molar-refractivity contribution in [3.63, 3.8) is 0 Å². The van der Waals surface area contributed by atoms with Crippen LogP contribution in [0.5, 0.6) is 0 Å². The van der Waals surface area contributed by atoms with Crippen molar-refractivity contribution >= 4 is 51.1 Å². The fourth-order valence-corrected chi connectivity index (χ4v) is 4.41. The maximum Gasteiger partial charge on any atom is 0.179 e. The average Bonchev–Trinajstić information content (AvgIpc) is 2.90. The Bertz CT molecular complexity index is 634. The van der Waals surface area contributed by atoms with Crippen LogP contribution in [-0.2, 0) is 0 Å². The third kappa shape index (κ3) is 2.04. The highest BCUT2D eigenvalue weighted by Gasteiger charge is 2.29. The van der Waals surface area contributed by atoms with Gasteiger partial charge in [0.05, 0.1) is 5.52 Å². The minimum Gasteiger partial charge on any atom is -0.329 e. The lowest BCUT2D eigenvalue weighted by atomic mass is 10.2. The number of nitrogens with zero attached hydrogens (tertiary/aromatic N) is 2. The summed E-state index contributed by atoms with van der Waals surface area (Å²) in [5.41, 5.74) is 2.00. The molecule has 0 radical (unpaired) electrons. The van der Waals surface area contributed by atoms with Gasteiger partial charge in [0, 0.05) is 22.0 Å². The minimum atomic E-state index is 0.481. The normalized spacial score (nSPS) is 23.9. The van der Waals surface area contributed by atoms with Gasteiger partial charge in [-0.3, -0.25) is 4.57 Å². The van der Waals surface area contributed by atoms with E-state index < -0.39 is 0 Å². The van der Waals surface area contributed by atoms with Crippen molar-refractivity contribution in [1.29, 1.82) is 0 Å². The molecule has 0 aromatic carbocycles. The van der Waals surface area contributed by atoms with Crippen LogP contribution in [0, 0.1) is 4.77 Å². The third-order valence-electron chi connectivity index (χ3n) is 3.57. The quantitative estimate of drug-likeness (QED) is 0.824. The topological polar surface area (TPSA) is 33.6 Å². The molecular formula is C12H14BrN3S2. The van der Waals surface area contributed by atoms with E-state index in [1.54, 1.807) is 0 Å². The van der Waals surface area contributed by atoms with E-state index in [4.69, 9.17) is 12.2 Å². The SMILES string of the molecule is CSC1CCCC1n1c(=S)[nH]c2cc(Br)cnc21. The van der Waals surface area contributed by atoms with Crippen LogP contribution in [0.4, 0.5) is 0 Å². The average molecular weight is 344 g/mol. The van der Waals surface area contributed by atoms with Crippen molar-refractivity contribution in [3.05, 3.63) is 21.5 Å². The highest BCUT2D eigenvalue weighted by molar-refractivity contribution is 9.10. The number of halogens is 1. The summed E-state index contributed by atoms with van der Waals surface area (Å²) >= 11 is 10.9. The predicted molar refractivity (Wildman–Crippen MR) is 82.8 cm³/mol. The highest BCUT2D eigenvalue weighted by Crippen LogP contribution is 2.39. The second-order valence-electron chi connectivity index (χ2n) is 4.60. The number of pyridine rings is 1. The van der Waals surface area contributed by atoms with E-state index in [2.05, 4.69) is 36.7 Å². The van der Waals surface area contributed by atoms with Gasteiger partial charge < -0.3 is 4.98 Å². The van der Waals surface area contributed by atoms with Gasteiger partial charge in [0.1, 0.15) is 0 Å². The first-order valence-electron chi connectivity index (χ1n) is 5.99. The van der Waals surface area contributed by atoms with E-state index in [9.17, 15) is 0 Å². The summed E-state index contributed by atoms with van der Waals surface area (Å²) in [6, 6.07) is 2.52. The van der Waals surface area contributed by atoms with Crippen molar-refractivity contribution in [2.45, 2.75) is 30.6 Å². The van der Waals surface area contributed by atoms with E-state index in [1.807, 2.05) is 24.0 Å². The van der Waals surface area contributed by atoms with Crippen LogP contribution in [0.2, 0.25) is 0 Å². The Morgan fingerprint density at radius 3 is 3.17 bits per heavy atom. The molecule has 2 aromatic heterocycles. The molecule has 6 heteroatoms. The van der Waals surface area contributed by atoms with Gasteiger partial charge in [-0.1, -0.05) is 6.42 Å². The maximum absolute atomic E-state index is 5.48. The monoisotopic (exact) mass is 343 g/mol. The molecule has 2 atom stereocenters. The summed E-state index contributed by atoms with van der Waals surface area (Å²) in [6.45, 7) is 0. The Balaban J connectivity index is 2.16. The van der Waals surface area contributed by atoms with Gasteiger partial charge in [-0.05, 0) is 53.3 Å². The molecule has 1 aliphatic rings. The fourth-order valence-electron chi connectivity index (χ4n) is 2.77. The zero-order chi connectivity index (χ0) is 12.7. The van der Waals surface area contributed by atoms with Gasteiger partial charge in [0.15, 0.2) is 10.4 Å². The number of rotatable bonds is 2. The summed E-state index contributed by atoms with van der Waals surface area (Å²) in [7, 11) is 0. The molecule has 2 unspecified atom stereocenters. The van der Waals surface area contributed by atoms with Crippen molar-refractivity contribution in [1.82, 2.24) is 14.5 Å². The molecule has 3 rings (SSSR count). The van der Waals surface area contributed by atoms with Gasteiger partial charge in [-0.15, -0.1) is 0 Å². The van der Waals surface area contributed by atoms with Crippen LogP contribution in [0.25, 0.3) is 11.2 Å². The number of thioether (sulfide) groups is 1. The van der Waals surface area contributed by atoms with E-state index in [-0.39, 0.29) is 0 Å². The molecule has 0 bridgehead atoms. The molecule has 1 saturated carbocycles. The van der Waals surface area contributed by atoms with Crippen molar-refractivity contribution < 1.29 is 0 Å². The van der Waals surface area contributed by atoms with Crippen LogP contribution >= 0.6 is 39.9 Å². The zero-order valence-electron chi connectivity index (χ0n) is 10.0. The molecule has 1 aliphatic carbocycles. The zero-order valence-corrected chi connectivity index (χ0v) is 13.2. The number of hydrogen-bond acceptors (Lipinski definition) is 3. The van der Waals surface area contributed by atoms with Gasteiger partial charge in [-0.25, -0.2) is 4.98 Å². The second-order valence-corrected chi connectivity index (χ2v) is 6.98. The van der Waals surface area contributed by atoms with Gasteiger partial charge >= 0.3 is 0 Å². The van der Waals surface area contributed by atoms with Gasteiger partial charge in [0.2, 0.25) is 0 Å². The molecule has 2 aromatic rings. The van der Waals surface area contributed by atoms with Crippen molar-refractivity contribution in [2.24, 2.45) is 0 Å². The molecular weight excluding hydrogens is 330 g/mol. The molecule has 0 amide bonds. The lowest BCUT2D eigenvalue weighted by Crippen LogP contribution is -2.16. The molecule has 0 aliphatic heterocycles. The summed E-state index contributed by atoms with van der Waals surface area (Å²) in [6.07, 6.45) is 7.78. The number of H-pyrrole nitrogens is 1. The number of aromatic amines is 1. The maximum atomic E-state index is 5.48. The number of nitrogens with one attached hydrogen (secondary N) is 1. The minimum absolute atomic E-state index is 0.481. The summed E-state index contributed by atoms with van der Waals surface area (Å²) in [4.78, 5) is 7.79. The Labute approximate surface area is 124 Å². The van der Waals surface area contributed by atoms with Crippen LogP contribution in [0.15, 0.2) is 16.7 Å². The highest BCUT2D eigenvalue weighted by atomic mass is 79.9. The molecule has 2 heterocycles. The number of fused-ring (bicyclic) bond motifs is 1. The first-order valence-corrected chi connectivity index (χ1v) is 8.48. The van der Waals surface area contributed by atoms with Crippen molar-refractivity contribution in [3.8, 4) is 0 Å². The molecule has 96 valence electrons. The van der Waals surface area contributed by atoms with Crippen molar-refractivity contribution in [2.75, 3.05) is 6.26 Å². The Kier molecular flexibility index (Phi) is 3.51. The molecule has 18 heavy (non-hydrogen) atoms. The van der Waals surface area contributed by atoms with Gasteiger partial charge in [0.25, 0.3) is 0 Å². The van der Waals surface area contributed by atoms with Crippen LogP contribution in [0.3, 0.4) is 0 Å². The molecule has 0 saturated heterocycles. The largest absolute Gasteiger partial charge is 0.329 e. The Morgan fingerprint density at radius 2 is 2.39 bits per heavy atom. The van der Waals surface area contributed by atoms with E-state index in [0.29, 0.717) is 11.3 Å². The Hall–Kier alpha value is -0.330. The summed E-state index contributed by atoms with van der Waals surface area (Å²) < 4.78 is 3.98. The van der Waals surface area contributed by atoms with E-state index in [1.165, 1.54) is 19.3 Å². The fraction of sp³-hybridized carbons (Fsp3) is 0.500. The van der Waals surface area contributed by atoms with Crippen LogP contribution in [0.1, 0.15) is 25.3 Å². The summed E-state index contributed by atoms with van der Waals surface area (Å²) in [5.74, 6) is 0. The van der Waals surface area contributed by atoms with Crippen LogP contribution in [-0.4, -0.2) is 26.0 Å². The summed E-state index contributed by atoms with van der Waals surface area (Å²) in [5, 5.41) is 0.654. The number of aromatic nitrogens is 3. The first-order chi connectivity index (χ1) is 8.70. The van der Waals surface area contributed by atoms with Gasteiger partial charge in [-0.2, -0.15) is 11.8 Å². The third-order valence-corrected chi connectivity index (χ3v) is 5.46. The number of hydrogen-bond donors (Lipinski definition) is 1. The predicted octanol–water partition coefficient (Wildman–Crippen LogP) is 4.31. The van der Waals surface area contributed by atoms with E-state index in [0.717, 1.165) is 20.4 Å². The lowest BCUT2D eigenvalue weighted by molar-refractivity contribution is 0.533. The molecule has 0 spiro atoms. The smallest absolute Gasteiger partial charge is 0.179 e. The molecule has 1 N–H and O–H groups in total. The van der Waals surface area contributed by atoms with Crippen LogP contribution < -0.4 is 0 Å². The molecule has 1 fully saturated rings. The number of imidazole rings is 1. The standard InChI is InChI=1S/C12H14BrN3S2/c1-18-10-4-2-3-9(10)16-11-8(15-12(16)17)5-7(13)6-14-11/h5-6,9-10H,2-4H2,1H3,(H,15,17). The first kappa shape index (κ1) is 12.7. The van der Waals surface area contributed by atoms with E-state index >= 15 is 0 Å². The molecule has 3 nitrogen and oxygen atoms in total. The Morgan fingerprint density at radius 1 is 1.56 bits per heavy atom. The lowest BCUT2D eigenvalue weighted by Gasteiger charge is -2.19. The second kappa shape index (κ2) is 4.98.